The highest BCUT2D eigenvalue weighted by molar-refractivity contribution is 5.95. The van der Waals surface area contributed by atoms with Crippen LogP contribution >= 0.6 is 0 Å². The minimum Gasteiger partial charge on any atom is -0.267 e. The van der Waals surface area contributed by atoms with Crippen LogP contribution in [-0.2, 0) is 0 Å². The van der Waals surface area contributed by atoms with Crippen molar-refractivity contribution in [3.8, 4) is 0 Å². The van der Waals surface area contributed by atoms with E-state index in [1.54, 1.807) is 24.3 Å². The predicted octanol–water partition coefficient (Wildman–Crippen LogP) is 3.38. The van der Waals surface area contributed by atoms with Gasteiger partial charge in [-0.2, -0.15) is 14.9 Å². The molecule has 6 nitrogen and oxygen atoms in total. The molecular formula is C15H11N5O. The fraction of sp³-hybridized carbons (Fsp3) is 0. The molecule has 0 saturated carbocycles. The Morgan fingerprint density at radius 2 is 1.57 bits per heavy atom. The molecule has 0 radical (unpaired) electrons. The molecule has 0 N–H and O–H groups in total. The van der Waals surface area contributed by atoms with Crippen molar-refractivity contribution in [1.82, 2.24) is 15.0 Å². The third-order valence-electron chi connectivity index (χ3n) is 2.78. The summed E-state index contributed by atoms with van der Waals surface area (Å²) in [6, 6.07) is 16.3. The van der Waals surface area contributed by atoms with Gasteiger partial charge in [0.05, 0.1) is 23.8 Å². The zero-order chi connectivity index (χ0) is 14.5. The van der Waals surface area contributed by atoms with Crippen LogP contribution in [0.4, 0.5) is 11.4 Å². The molecule has 21 heavy (non-hydrogen) atoms. The smallest absolute Gasteiger partial charge is 0.267 e. The van der Waals surface area contributed by atoms with E-state index < -0.39 is 0 Å². The van der Waals surface area contributed by atoms with Crippen molar-refractivity contribution in [2.75, 3.05) is 0 Å². The molecule has 1 aromatic heterocycles. The molecule has 0 aliphatic heterocycles. The SMILES string of the molecule is O=C(c1ccc(N=Nc2ccccc2)cc1)n1ccnn1. The Morgan fingerprint density at radius 1 is 0.905 bits per heavy atom. The van der Waals surface area contributed by atoms with Crippen molar-refractivity contribution in [3.63, 3.8) is 0 Å². The summed E-state index contributed by atoms with van der Waals surface area (Å²) in [4.78, 5) is 12.0. The van der Waals surface area contributed by atoms with Gasteiger partial charge >= 0.3 is 0 Å². The van der Waals surface area contributed by atoms with Crippen molar-refractivity contribution >= 4 is 17.3 Å². The summed E-state index contributed by atoms with van der Waals surface area (Å²) in [6.07, 6.45) is 2.96. The fourth-order valence-corrected chi connectivity index (χ4v) is 1.73. The standard InChI is InChI=1S/C15H11N5O/c21-15(20-11-10-16-19-20)12-6-8-14(9-7-12)18-17-13-4-2-1-3-5-13/h1-11H. The maximum absolute atomic E-state index is 12.0. The molecule has 0 spiro atoms. The number of benzene rings is 2. The van der Waals surface area contributed by atoms with Crippen molar-refractivity contribution in [2.45, 2.75) is 0 Å². The number of hydrogen-bond donors (Lipinski definition) is 0. The number of azo groups is 1. The summed E-state index contributed by atoms with van der Waals surface area (Å²) in [5.74, 6) is -0.237. The second-order valence-electron chi connectivity index (χ2n) is 4.24. The first-order chi connectivity index (χ1) is 10.3. The lowest BCUT2D eigenvalue weighted by molar-refractivity contribution is 0.0943. The first kappa shape index (κ1) is 12.9. The number of nitrogens with zero attached hydrogens (tertiary/aromatic N) is 5. The molecule has 0 saturated heterocycles. The van der Waals surface area contributed by atoms with Crippen LogP contribution in [-0.4, -0.2) is 20.9 Å². The highest BCUT2D eigenvalue weighted by atomic mass is 16.2. The Hall–Kier alpha value is -3.15. The van der Waals surface area contributed by atoms with Gasteiger partial charge < -0.3 is 0 Å². The lowest BCUT2D eigenvalue weighted by Gasteiger charge is -1.99. The van der Waals surface area contributed by atoms with Crippen LogP contribution in [0.3, 0.4) is 0 Å². The quantitative estimate of drug-likeness (QED) is 0.689. The summed E-state index contributed by atoms with van der Waals surface area (Å²) in [6.45, 7) is 0. The van der Waals surface area contributed by atoms with E-state index in [9.17, 15) is 4.79 Å². The van der Waals surface area contributed by atoms with Crippen molar-refractivity contribution in [3.05, 3.63) is 72.6 Å². The van der Waals surface area contributed by atoms with E-state index in [-0.39, 0.29) is 5.91 Å². The second-order valence-corrected chi connectivity index (χ2v) is 4.24. The van der Waals surface area contributed by atoms with Crippen LogP contribution in [0.5, 0.6) is 0 Å². The Labute approximate surface area is 120 Å². The lowest BCUT2D eigenvalue weighted by Crippen LogP contribution is -2.12. The number of carbonyl (C=O) groups is 1. The van der Waals surface area contributed by atoms with Crippen LogP contribution in [0.15, 0.2) is 77.2 Å². The summed E-state index contributed by atoms with van der Waals surface area (Å²) < 4.78 is 1.18. The summed E-state index contributed by atoms with van der Waals surface area (Å²) in [5.41, 5.74) is 1.97. The number of carbonyl (C=O) groups excluding carboxylic acids is 1. The second kappa shape index (κ2) is 5.87. The number of aromatic nitrogens is 3. The summed E-state index contributed by atoms with van der Waals surface area (Å²) in [5, 5.41) is 15.5. The van der Waals surface area contributed by atoms with Crippen molar-refractivity contribution < 1.29 is 4.79 Å². The molecule has 0 fully saturated rings. The molecule has 0 atom stereocenters. The molecule has 102 valence electrons. The zero-order valence-electron chi connectivity index (χ0n) is 11.0. The first-order valence-corrected chi connectivity index (χ1v) is 6.31. The van der Waals surface area contributed by atoms with E-state index in [1.165, 1.54) is 17.1 Å². The first-order valence-electron chi connectivity index (χ1n) is 6.31. The van der Waals surface area contributed by atoms with E-state index in [1.807, 2.05) is 30.3 Å². The van der Waals surface area contributed by atoms with E-state index >= 15 is 0 Å². The Kier molecular flexibility index (Phi) is 3.60. The Balaban J connectivity index is 1.75. The van der Waals surface area contributed by atoms with Crippen molar-refractivity contribution in [2.24, 2.45) is 10.2 Å². The maximum atomic E-state index is 12.0. The van der Waals surface area contributed by atoms with Crippen LogP contribution in [0.25, 0.3) is 0 Å². The molecule has 0 aliphatic rings. The van der Waals surface area contributed by atoms with E-state index in [2.05, 4.69) is 20.5 Å². The van der Waals surface area contributed by atoms with Crippen molar-refractivity contribution in [1.29, 1.82) is 0 Å². The Bertz CT molecular complexity index is 749. The van der Waals surface area contributed by atoms with E-state index in [4.69, 9.17) is 0 Å². The molecule has 0 unspecified atom stereocenters. The minimum absolute atomic E-state index is 0.237. The summed E-state index contributed by atoms with van der Waals surface area (Å²) in [7, 11) is 0. The minimum atomic E-state index is -0.237. The zero-order valence-corrected chi connectivity index (χ0v) is 11.0. The normalized spacial score (nSPS) is 10.9. The van der Waals surface area contributed by atoms with E-state index in [0.717, 1.165) is 5.69 Å². The van der Waals surface area contributed by atoms with Gasteiger partial charge in [0.15, 0.2) is 0 Å². The molecule has 2 aromatic carbocycles. The number of rotatable bonds is 3. The molecular weight excluding hydrogens is 266 g/mol. The molecule has 0 amide bonds. The van der Waals surface area contributed by atoms with Gasteiger partial charge in [0, 0.05) is 5.56 Å². The Morgan fingerprint density at radius 3 is 2.19 bits per heavy atom. The van der Waals surface area contributed by atoms with Gasteiger partial charge in [0.25, 0.3) is 5.91 Å². The van der Waals surface area contributed by atoms with Gasteiger partial charge in [0.2, 0.25) is 0 Å². The van der Waals surface area contributed by atoms with Crippen LogP contribution in [0.1, 0.15) is 10.4 Å². The molecule has 1 heterocycles. The van der Waals surface area contributed by atoms with Gasteiger partial charge in [-0.15, -0.1) is 5.10 Å². The van der Waals surface area contributed by atoms with Gasteiger partial charge in [-0.1, -0.05) is 23.4 Å². The average molecular weight is 277 g/mol. The number of hydrogen-bond acceptors (Lipinski definition) is 5. The topological polar surface area (TPSA) is 72.5 Å². The highest BCUT2D eigenvalue weighted by Crippen LogP contribution is 2.18. The monoisotopic (exact) mass is 277 g/mol. The summed E-state index contributed by atoms with van der Waals surface area (Å²) >= 11 is 0. The molecule has 3 aromatic rings. The van der Waals surface area contributed by atoms with Crippen LogP contribution < -0.4 is 0 Å². The highest BCUT2D eigenvalue weighted by Gasteiger charge is 2.08. The van der Waals surface area contributed by atoms with Gasteiger partial charge in [-0.25, -0.2) is 0 Å². The van der Waals surface area contributed by atoms with Gasteiger partial charge in [-0.05, 0) is 36.4 Å². The fourth-order valence-electron chi connectivity index (χ4n) is 1.73. The molecule has 0 aliphatic carbocycles. The maximum Gasteiger partial charge on any atom is 0.279 e. The lowest BCUT2D eigenvalue weighted by atomic mass is 10.2. The largest absolute Gasteiger partial charge is 0.279 e. The van der Waals surface area contributed by atoms with Crippen LogP contribution in [0, 0.1) is 0 Å². The molecule has 3 rings (SSSR count). The van der Waals surface area contributed by atoms with Gasteiger partial charge in [-0.3, -0.25) is 4.79 Å². The molecule has 6 heteroatoms. The third-order valence-corrected chi connectivity index (χ3v) is 2.78. The predicted molar refractivity (Wildman–Crippen MR) is 76.8 cm³/mol. The van der Waals surface area contributed by atoms with Gasteiger partial charge in [0.1, 0.15) is 0 Å². The average Bonchev–Trinajstić information content (AvgIpc) is 3.08. The molecule has 0 bridgehead atoms. The van der Waals surface area contributed by atoms with E-state index in [0.29, 0.717) is 11.3 Å². The third kappa shape index (κ3) is 3.06. The van der Waals surface area contributed by atoms with Crippen LogP contribution in [0.2, 0.25) is 0 Å².